The SMILES string of the molecule is CCN(C(=O)c1cc(OC)c(OCCOC)cc1[N+](=O)[O-])C1CCCCC1. The number of hydrogen-bond donors (Lipinski definition) is 0. The molecule has 8 nitrogen and oxygen atoms in total. The van der Waals surface area contributed by atoms with Crippen molar-refractivity contribution in [2.24, 2.45) is 0 Å². The first kappa shape index (κ1) is 21.0. The Hall–Kier alpha value is -2.35. The van der Waals surface area contributed by atoms with Gasteiger partial charge in [-0.25, -0.2) is 0 Å². The van der Waals surface area contributed by atoms with Gasteiger partial charge >= 0.3 is 0 Å². The van der Waals surface area contributed by atoms with Crippen molar-refractivity contribution in [2.45, 2.75) is 45.1 Å². The second-order valence-corrected chi connectivity index (χ2v) is 6.50. The summed E-state index contributed by atoms with van der Waals surface area (Å²) >= 11 is 0. The molecule has 0 bridgehead atoms. The molecule has 1 aromatic rings. The van der Waals surface area contributed by atoms with Crippen LogP contribution in [0.4, 0.5) is 5.69 Å². The number of nitrogens with zero attached hydrogens (tertiary/aromatic N) is 2. The van der Waals surface area contributed by atoms with Crippen molar-refractivity contribution in [3.63, 3.8) is 0 Å². The third kappa shape index (κ3) is 5.09. The highest BCUT2D eigenvalue weighted by Crippen LogP contribution is 2.36. The first-order valence-electron chi connectivity index (χ1n) is 9.32. The molecule has 0 unspecified atom stereocenters. The van der Waals surface area contributed by atoms with Gasteiger partial charge in [-0.2, -0.15) is 0 Å². The molecule has 0 N–H and O–H groups in total. The summed E-state index contributed by atoms with van der Waals surface area (Å²) in [6.45, 7) is 2.97. The molecule has 1 saturated carbocycles. The number of hydrogen-bond acceptors (Lipinski definition) is 6. The molecule has 0 spiro atoms. The highest BCUT2D eigenvalue weighted by Gasteiger charge is 2.31. The fraction of sp³-hybridized carbons (Fsp3) is 0.632. The van der Waals surface area contributed by atoms with Crippen molar-refractivity contribution in [3.05, 3.63) is 27.8 Å². The maximum atomic E-state index is 13.1. The zero-order valence-electron chi connectivity index (χ0n) is 16.2. The molecule has 0 heterocycles. The van der Waals surface area contributed by atoms with Gasteiger partial charge < -0.3 is 19.1 Å². The highest BCUT2D eigenvalue weighted by atomic mass is 16.6. The maximum absolute atomic E-state index is 13.1. The number of carbonyl (C=O) groups is 1. The number of rotatable bonds is 9. The largest absolute Gasteiger partial charge is 0.493 e. The minimum absolute atomic E-state index is 0.0309. The Morgan fingerprint density at radius 3 is 2.44 bits per heavy atom. The molecule has 1 aliphatic carbocycles. The number of benzene rings is 1. The van der Waals surface area contributed by atoms with E-state index < -0.39 is 4.92 Å². The van der Waals surface area contributed by atoms with E-state index >= 15 is 0 Å². The van der Waals surface area contributed by atoms with Crippen LogP contribution < -0.4 is 9.47 Å². The summed E-state index contributed by atoms with van der Waals surface area (Å²) in [4.78, 5) is 25.9. The van der Waals surface area contributed by atoms with Gasteiger partial charge in [-0.3, -0.25) is 14.9 Å². The Labute approximate surface area is 159 Å². The second-order valence-electron chi connectivity index (χ2n) is 6.50. The highest BCUT2D eigenvalue weighted by molar-refractivity contribution is 5.99. The zero-order valence-corrected chi connectivity index (χ0v) is 16.2. The van der Waals surface area contributed by atoms with Crippen LogP contribution in [0.1, 0.15) is 49.4 Å². The van der Waals surface area contributed by atoms with Crippen molar-refractivity contribution < 1.29 is 23.9 Å². The van der Waals surface area contributed by atoms with Gasteiger partial charge in [0, 0.05) is 25.8 Å². The van der Waals surface area contributed by atoms with Crippen LogP contribution in [0.5, 0.6) is 11.5 Å². The molecule has 1 amide bonds. The molecule has 0 aromatic heterocycles. The van der Waals surface area contributed by atoms with E-state index in [1.165, 1.54) is 32.8 Å². The minimum Gasteiger partial charge on any atom is -0.493 e. The second kappa shape index (κ2) is 10.1. The van der Waals surface area contributed by atoms with Crippen LogP contribution in [0.15, 0.2) is 12.1 Å². The summed E-state index contributed by atoms with van der Waals surface area (Å²) in [5.74, 6) is 0.177. The Balaban J connectivity index is 2.37. The predicted molar refractivity (Wildman–Crippen MR) is 101 cm³/mol. The molecule has 1 aliphatic rings. The van der Waals surface area contributed by atoms with Crippen molar-refractivity contribution >= 4 is 11.6 Å². The molecule has 0 radical (unpaired) electrons. The van der Waals surface area contributed by atoms with E-state index in [2.05, 4.69) is 0 Å². The fourth-order valence-electron chi connectivity index (χ4n) is 3.49. The summed E-state index contributed by atoms with van der Waals surface area (Å²) in [7, 11) is 2.98. The van der Waals surface area contributed by atoms with E-state index in [-0.39, 0.29) is 35.6 Å². The third-order valence-electron chi connectivity index (χ3n) is 4.87. The first-order valence-corrected chi connectivity index (χ1v) is 9.32. The monoisotopic (exact) mass is 380 g/mol. The van der Waals surface area contributed by atoms with E-state index in [4.69, 9.17) is 14.2 Å². The summed E-state index contributed by atoms with van der Waals surface area (Å²) in [5.41, 5.74) is -0.245. The van der Waals surface area contributed by atoms with Crippen LogP contribution in [-0.2, 0) is 4.74 Å². The zero-order chi connectivity index (χ0) is 19.8. The van der Waals surface area contributed by atoms with Gasteiger partial charge in [0.05, 0.1) is 24.7 Å². The average Bonchev–Trinajstić information content (AvgIpc) is 2.69. The molecule has 2 rings (SSSR count). The standard InChI is InChI=1S/C19H28N2O6/c1-4-20(14-8-6-5-7-9-14)19(22)15-12-17(26-3)18(27-11-10-25-2)13-16(15)21(23)24/h12-14H,4-11H2,1-3H3. The molecule has 0 aliphatic heterocycles. The van der Waals surface area contributed by atoms with Crippen LogP contribution in [0.3, 0.4) is 0 Å². The Bertz CT molecular complexity index is 658. The van der Waals surface area contributed by atoms with E-state index in [1.807, 2.05) is 6.92 Å². The van der Waals surface area contributed by atoms with E-state index in [0.29, 0.717) is 18.9 Å². The van der Waals surface area contributed by atoms with Crippen molar-refractivity contribution in [1.29, 1.82) is 0 Å². The van der Waals surface area contributed by atoms with Crippen LogP contribution in [0, 0.1) is 10.1 Å². The summed E-state index contributed by atoms with van der Waals surface area (Å²) in [6, 6.07) is 2.80. The Kier molecular flexibility index (Phi) is 7.84. The maximum Gasteiger partial charge on any atom is 0.286 e. The number of nitro benzene ring substituents is 1. The lowest BCUT2D eigenvalue weighted by Gasteiger charge is -2.33. The minimum atomic E-state index is -0.551. The van der Waals surface area contributed by atoms with Crippen molar-refractivity contribution in [2.75, 3.05) is 34.0 Å². The lowest BCUT2D eigenvalue weighted by Crippen LogP contribution is -2.41. The number of amides is 1. The lowest BCUT2D eigenvalue weighted by atomic mass is 9.93. The van der Waals surface area contributed by atoms with Gasteiger partial charge in [-0.1, -0.05) is 19.3 Å². The molecule has 1 fully saturated rings. The number of carbonyl (C=O) groups excluding carboxylic acids is 1. The first-order chi connectivity index (χ1) is 13.0. The number of methoxy groups -OCH3 is 2. The normalized spacial score (nSPS) is 14.6. The van der Waals surface area contributed by atoms with Gasteiger partial charge in [-0.05, 0) is 19.8 Å². The van der Waals surface area contributed by atoms with Gasteiger partial charge in [0.15, 0.2) is 11.5 Å². The van der Waals surface area contributed by atoms with Crippen LogP contribution in [0.2, 0.25) is 0 Å². The van der Waals surface area contributed by atoms with Gasteiger partial charge in [-0.15, -0.1) is 0 Å². The quantitative estimate of drug-likeness (QED) is 0.370. The molecular weight excluding hydrogens is 352 g/mol. The van der Waals surface area contributed by atoms with E-state index in [0.717, 1.165) is 25.7 Å². The molecule has 0 atom stereocenters. The van der Waals surface area contributed by atoms with E-state index in [9.17, 15) is 14.9 Å². The predicted octanol–water partition coefficient (Wildman–Crippen LogP) is 3.42. The Morgan fingerprint density at radius 1 is 1.19 bits per heavy atom. The van der Waals surface area contributed by atoms with Crippen LogP contribution >= 0.6 is 0 Å². The molecule has 8 heteroatoms. The third-order valence-corrected chi connectivity index (χ3v) is 4.87. The number of nitro groups is 1. The number of ether oxygens (including phenoxy) is 3. The Morgan fingerprint density at radius 2 is 1.89 bits per heavy atom. The van der Waals surface area contributed by atoms with Gasteiger partial charge in [0.25, 0.3) is 11.6 Å². The molecular formula is C19H28N2O6. The van der Waals surface area contributed by atoms with Crippen LogP contribution in [-0.4, -0.2) is 55.8 Å². The lowest BCUT2D eigenvalue weighted by molar-refractivity contribution is -0.385. The average molecular weight is 380 g/mol. The van der Waals surface area contributed by atoms with Gasteiger partial charge in [0.1, 0.15) is 12.2 Å². The van der Waals surface area contributed by atoms with E-state index in [1.54, 1.807) is 4.90 Å². The summed E-state index contributed by atoms with van der Waals surface area (Å²) < 4.78 is 15.7. The van der Waals surface area contributed by atoms with Crippen LogP contribution in [0.25, 0.3) is 0 Å². The molecule has 1 aromatic carbocycles. The topological polar surface area (TPSA) is 91.1 Å². The fourth-order valence-corrected chi connectivity index (χ4v) is 3.49. The smallest absolute Gasteiger partial charge is 0.286 e. The van der Waals surface area contributed by atoms with Crippen molar-refractivity contribution in [1.82, 2.24) is 4.90 Å². The van der Waals surface area contributed by atoms with Gasteiger partial charge in [0.2, 0.25) is 0 Å². The molecule has 27 heavy (non-hydrogen) atoms. The van der Waals surface area contributed by atoms with Crippen molar-refractivity contribution in [3.8, 4) is 11.5 Å². The molecule has 150 valence electrons. The summed E-state index contributed by atoms with van der Waals surface area (Å²) in [5, 5.41) is 11.6. The molecule has 0 saturated heterocycles. The summed E-state index contributed by atoms with van der Waals surface area (Å²) in [6.07, 6.45) is 5.19.